The van der Waals surface area contributed by atoms with E-state index in [9.17, 15) is 5.11 Å². The molecule has 1 aromatic carbocycles. The van der Waals surface area contributed by atoms with E-state index in [4.69, 9.17) is 5.73 Å². The fourth-order valence-corrected chi connectivity index (χ4v) is 2.63. The Morgan fingerprint density at radius 1 is 1.35 bits per heavy atom. The number of aryl methyl sites for hydroxylation is 2. The topological polar surface area (TPSA) is 49.5 Å². The first-order chi connectivity index (χ1) is 8.06. The number of nitrogens with two attached hydrogens (primary N) is 1. The van der Waals surface area contributed by atoms with Crippen LogP contribution >= 0.6 is 0 Å². The van der Waals surface area contributed by atoms with Gasteiger partial charge in [-0.05, 0) is 49.9 Å². The van der Waals surface area contributed by atoms with Crippen LogP contribution in [0.1, 0.15) is 29.5 Å². The van der Waals surface area contributed by atoms with Gasteiger partial charge < -0.3 is 10.8 Å². The average molecular weight is 234 g/mol. The minimum Gasteiger partial charge on any atom is -0.507 e. The van der Waals surface area contributed by atoms with Crippen molar-refractivity contribution in [2.24, 2.45) is 5.73 Å². The second kappa shape index (κ2) is 5.07. The fraction of sp³-hybridized carbons (Fsp3) is 0.571. The highest BCUT2D eigenvalue weighted by molar-refractivity contribution is 5.42. The van der Waals surface area contributed by atoms with Crippen LogP contribution < -0.4 is 5.73 Å². The van der Waals surface area contributed by atoms with Gasteiger partial charge in [-0.25, -0.2) is 0 Å². The van der Waals surface area contributed by atoms with E-state index in [0.717, 1.165) is 37.2 Å². The largest absolute Gasteiger partial charge is 0.507 e. The molecule has 1 unspecified atom stereocenters. The van der Waals surface area contributed by atoms with E-state index >= 15 is 0 Å². The molecule has 1 aliphatic heterocycles. The van der Waals surface area contributed by atoms with Gasteiger partial charge in [0.2, 0.25) is 0 Å². The van der Waals surface area contributed by atoms with Crippen molar-refractivity contribution in [3.05, 3.63) is 28.8 Å². The van der Waals surface area contributed by atoms with Crippen LogP contribution in [0.4, 0.5) is 0 Å². The highest BCUT2D eigenvalue weighted by Crippen LogP contribution is 2.24. The maximum Gasteiger partial charge on any atom is 0.121 e. The number of hydrogen-bond acceptors (Lipinski definition) is 3. The summed E-state index contributed by atoms with van der Waals surface area (Å²) in [5.74, 6) is 0.420. The first-order valence-electron chi connectivity index (χ1n) is 6.33. The van der Waals surface area contributed by atoms with E-state index in [-0.39, 0.29) is 0 Å². The third-order valence-electron chi connectivity index (χ3n) is 3.50. The van der Waals surface area contributed by atoms with Gasteiger partial charge in [-0.1, -0.05) is 12.1 Å². The predicted octanol–water partition coefficient (Wildman–Crippen LogP) is 1.93. The number of piperidine rings is 1. The number of hydrogen-bond donors (Lipinski definition) is 2. The van der Waals surface area contributed by atoms with Crippen LogP contribution in [0, 0.1) is 13.8 Å². The summed E-state index contributed by atoms with van der Waals surface area (Å²) >= 11 is 0. The number of aromatic hydroxyl groups is 1. The molecule has 1 aliphatic rings. The molecule has 94 valence electrons. The van der Waals surface area contributed by atoms with Gasteiger partial charge in [-0.2, -0.15) is 0 Å². The Kier molecular flexibility index (Phi) is 3.69. The first-order valence-corrected chi connectivity index (χ1v) is 6.33. The molecule has 0 aromatic heterocycles. The van der Waals surface area contributed by atoms with Crippen molar-refractivity contribution in [3.8, 4) is 5.75 Å². The zero-order valence-electron chi connectivity index (χ0n) is 10.7. The Bertz CT molecular complexity index is 380. The number of phenols is 1. The highest BCUT2D eigenvalue weighted by atomic mass is 16.3. The van der Waals surface area contributed by atoms with Crippen LogP contribution in [-0.4, -0.2) is 29.1 Å². The van der Waals surface area contributed by atoms with Crippen LogP contribution in [0.5, 0.6) is 5.75 Å². The van der Waals surface area contributed by atoms with E-state index in [1.54, 1.807) is 0 Å². The molecule has 1 aromatic rings. The van der Waals surface area contributed by atoms with Crippen molar-refractivity contribution in [2.45, 2.75) is 39.3 Å². The van der Waals surface area contributed by atoms with Crippen molar-refractivity contribution in [2.75, 3.05) is 13.1 Å². The van der Waals surface area contributed by atoms with E-state index in [0.29, 0.717) is 11.8 Å². The van der Waals surface area contributed by atoms with Gasteiger partial charge in [0.1, 0.15) is 5.75 Å². The summed E-state index contributed by atoms with van der Waals surface area (Å²) in [7, 11) is 0. The Morgan fingerprint density at radius 3 is 2.59 bits per heavy atom. The Hall–Kier alpha value is -1.06. The Balaban J connectivity index is 2.08. The quantitative estimate of drug-likeness (QED) is 0.822. The van der Waals surface area contributed by atoms with Gasteiger partial charge in [-0.3, -0.25) is 4.90 Å². The van der Waals surface area contributed by atoms with Crippen LogP contribution in [0.25, 0.3) is 0 Å². The molecule has 1 atom stereocenters. The number of phenolic OH excluding ortho intramolecular Hbond substituents is 1. The van der Waals surface area contributed by atoms with E-state index in [1.165, 1.54) is 12.0 Å². The summed E-state index contributed by atoms with van der Waals surface area (Å²) in [5, 5.41) is 9.75. The third kappa shape index (κ3) is 2.99. The summed E-state index contributed by atoms with van der Waals surface area (Å²) in [5.41, 5.74) is 9.17. The van der Waals surface area contributed by atoms with Crippen molar-refractivity contribution in [1.29, 1.82) is 0 Å². The van der Waals surface area contributed by atoms with Crippen molar-refractivity contribution >= 4 is 0 Å². The normalized spacial score (nSPS) is 21.7. The van der Waals surface area contributed by atoms with E-state index < -0.39 is 0 Å². The summed E-state index contributed by atoms with van der Waals surface area (Å²) in [6.45, 7) is 6.96. The highest BCUT2D eigenvalue weighted by Gasteiger charge is 2.17. The average Bonchev–Trinajstić information content (AvgIpc) is 2.26. The second-order valence-corrected chi connectivity index (χ2v) is 5.22. The molecule has 3 heteroatoms. The standard InChI is InChI=1S/C14H22N2O/c1-10-6-12(7-11(2)14(10)17)8-16-5-3-4-13(15)9-16/h6-7,13,17H,3-5,8-9,15H2,1-2H3. The van der Waals surface area contributed by atoms with Crippen molar-refractivity contribution in [3.63, 3.8) is 0 Å². The Labute approximate surface area is 103 Å². The molecule has 17 heavy (non-hydrogen) atoms. The molecule has 3 nitrogen and oxygen atoms in total. The first kappa shape index (κ1) is 12.4. The number of rotatable bonds is 2. The lowest BCUT2D eigenvalue weighted by atomic mass is 10.0. The van der Waals surface area contributed by atoms with Gasteiger partial charge in [0.15, 0.2) is 0 Å². The minimum absolute atomic E-state index is 0.322. The van der Waals surface area contributed by atoms with Gasteiger partial charge in [-0.15, -0.1) is 0 Å². The number of benzene rings is 1. The molecule has 0 bridgehead atoms. The molecular weight excluding hydrogens is 212 g/mol. The van der Waals surface area contributed by atoms with Crippen LogP contribution in [0.15, 0.2) is 12.1 Å². The summed E-state index contributed by atoms with van der Waals surface area (Å²) < 4.78 is 0. The SMILES string of the molecule is Cc1cc(CN2CCCC(N)C2)cc(C)c1O. The van der Waals surface area contributed by atoms with Crippen LogP contribution in [0.3, 0.4) is 0 Å². The zero-order valence-corrected chi connectivity index (χ0v) is 10.7. The smallest absolute Gasteiger partial charge is 0.121 e. The lowest BCUT2D eigenvalue weighted by molar-refractivity contribution is 0.201. The second-order valence-electron chi connectivity index (χ2n) is 5.22. The van der Waals surface area contributed by atoms with Gasteiger partial charge in [0.25, 0.3) is 0 Å². The van der Waals surface area contributed by atoms with Crippen LogP contribution in [0.2, 0.25) is 0 Å². The van der Waals surface area contributed by atoms with E-state index in [1.807, 2.05) is 13.8 Å². The molecule has 1 fully saturated rings. The van der Waals surface area contributed by atoms with Crippen LogP contribution in [-0.2, 0) is 6.54 Å². The summed E-state index contributed by atoms with van der Waals surface area (Å²) in [4.78, 5) is 2.40. The molecule has 0 spiro atoms. The fourth-order valence-electron chi connectivity index (χ4n) is 2.63. The zero-order chi connectivity index (χ0) is 12.4. The lowest BCUT2D eigenvalue weighted by Gasteiger charge is -2.30. The molecule has 0 amide bonds. The van der Waals surface area contributed by atoms with Gasteiger partial charge >= 0.3 is 0 Å². The Morgan fingerprint density at radius 2 is 2.00 bits per heavy atom. The predicted molar refractivity (Wildman–Crippen MR) is 70.1 cm³/mol. The van der Waals surface area contributed by atoms with Crippen molar-refractivity contribution in [1.82, 2.24) is 4.90 Å². The molecule has 1 saturated heterocycles. The van der Waals surface area contributed by atoms with E-state index in [2.05, 4.69) is 17.0 Å². The number of nitrogens with zero attached hydrogens (tertiary/aromatic N) is 1. The third-order valence-corrected chi connectivity index (χ3v) is 3.50. The molecule has 0 saturated carbocycles. The molecule has 1 heterocycles. The summed E-state index contributed by atoms with van der Waals surface area (Å²) in [6, 6.07) is 4.47. The van der Waals surface area contributed by atoms with Gasteiger partial charge in [0.05, 0.1) is 0 Å². The maximum atomic E-state index is 9.75. The maximum absolute atomic E-state index is 9.75. The molecule has 2 rings (SSSR count). The molecule has 3 N–H and O–H groups in total. The van der Waals surface area contributed by atoms with Crippen molar-refractivity contribution < 1.29 is 5.11 Å². The minimum atomic E-state index is 0.322. The number of likely N-dealkylation sites (tertiary alicyclic amines) is 1. The lowest BCUT2D eigenvalue weighted by Crippen LogP contribution is -2.42. The monoisotopic (exact) mass is 234 g/mol. The molecule has 0 radical (unpaired) electrons. The molecule has 0 aliphatic carbocycles. The molecular formula is C14H22N2O. The van der Waals surface area contributed by atoms with Gasteiger partial charge in [0, 0.05) is 19.1 Å². The summed E-state index contributed by atoms with van der Waals surface area (Å²) in [6.07, 6.45) is 2.33.